The summed E-state index contributed by atoms with van der Waals surface area (Å²) in [6.45, 7) is 5.12. The van der Waals surface area contributed by atoms with Crippen LogP contribution in [-0.2, 0) is 11.3 Å². The summed E-state index contributed by atoms with van der Waals surface area (Å²) >= 11 is 0. The standard InChI is InChI=1S/C20H31FN4O/c1-22-19(23-15-17-6-5-7-18(21)14-17)24-16-20(8-3-2-4-9-20)25-10-12-26-13-11-25/h5-7,14H,2-4,8-13,15-16H2,1H3,(H2,22,23,24). The number of halogens is 1. The maximum atomic E-state index is 13.3. The average Bonchev–Trinajstić information content (AvgIpc) is 2.69. The second-order valence-electron chi connectivity index (χ2n) is 7.29. The van der Waals surface area contributed by atoms with Crippen LogP contribution in [0.2, 0.25) is 0 Å². The molecule has 1 aromatic rings. The minimum absolute atomic E-state index is 0.193. The van der Waals surface area contributed by atoms with Crippen molar-refractivity contribution >= 4 is 5.96 Å². The van der Waals surface area contributed by atoms with Crippen molar-refractivity contribution < 1.29 is 9.13 Å². The number of nitrogens with zero attached hydrogens (tertiary/aromatic N) is 2. The van der Waals surface area contributed by atoms with Crippen molar-refractivity contribution in [2.45, 2.75) is 44.2 Å². The van der Waals surface area contributed by atoms with E-state index in [0.29, 0.717) is 6.54 Å². The lowest BCUT2D eigenvalue weighted by molar-refractivity contribution is -0.0352. The molecule has 26 heavy (non-hydrogen) atoms. The number of guanidine groups is 1. The molecule has 1 aliphatic heterocycles. The molecule has 2 fully saturated rings. The molecule has 1 heterocycles. The third-order valence-corrected chi connectivity index (χ3v) is 5.62. The molecular formula is C20H31FN4O. The molecule has 144 valence electrons. The first kappa shape index (κ1) is 19.1. The summed E-state index contributed by atoms with van der Waals surface area (Å²) in [6, 6.07) is 6.67. The van der Waals surface area contributed by atoms with Gasteiger partial charge in [-0.3, -0.25) is 9.89 Å². The van der Waals surface area contributed by atoms with Crippen molar-refractivity contribution in [2.75, 3.05) is 39.9 Å². The Hall–Kier alpha value is -1.66. The highest BCUT2D eigenvalue weighted by atomic mass is 19.1. The van der Waals surface area contributed by atoms with Gasteiger partial charge >= 0.3 is 0 Å². The third kappa shape index (κ3) is 4.95. The van der Waals surface area contributed by atoms with Crippen LogP contribution in [0.25, 0.3) is 0 Å². The smallest absolute Gasteiger partial charge is 0.191 e. The first-order valence-corrected chi connectivity index (χ1v) is 9.74. The van der Waals surface area contributed by atoms with Crippen LogP contribution >= 0.6 is 0 Å². The van der Waals surface area contributed by atoms with Crippen LogP contribution in [-0.4, -0.2) is 56.3 Å². The van der Waals surface area contributed by atoms with Gasteiger partial charge in [-0.15, -0.1) is 0 Å². The van der Waals surface area contributed by atoms with Gasteiger partial charge < -0.3 is 15.4 Å². The fourth-order valence-electron chi connectivity index (χ4n) is 4.15. The third-order valence-electron chi connectivity index (χ3n) is 5.62. The highest BCUT2D eigenvalue weighted by Crippen LogP contribution is 2.33. The molecule has 1 aliphatic carbocycles. The molecule has 0 spiro atoms. The van der Waals surface area contributed by atoms with Gasteiger partial charge in [-0.25, -0.2) is 4.39 Å². The Balaban J connectivity index is 1.57. The largest absolute Gasteiger partial charge is 0.379 e. The van der Waals surface area contributed by atoms with E-state index in [4.69, 9.17) is 4.74 Å². The van der Waals surface area contributed by atoms with E-state index >= 15 is 0 Å². The molecule has 3 rings (SSSR count). The van der Waals surface area contributed by atoms with Crippen molar-refractivity contribution in [1.29, 1.82) is 0 Å². The summed E-state index contributed by atoms with van der Waals surface area (Å²) in [5.74, 6) is 0.563. The van der Waals surface area contributed by atoms with Crippen LogP contribution in [0.5, 0.6) is 0 Å². The Morgan fingerprint density at radius 2 is 1.96 bits per heavy atom. The van der Waals surface area contributed by atoms with Crippen LogP contribution < -0.4 is 10.6 Å². The predicted octanol–water partition coefficient (Wildman–Crippen LogP) is 2.53. The summed E-state index contributed by atoms with van der Waals surface area (Å²) in [4.78, 5) is 6.96. The SMILES string of the molecule is CN=C(NCc1cccc(F)c1)NCC1(N2CCOCC2)CCCCC1. The summed E-state index contributed by atoms with van der Waals surface area (Å²) in [5.41, 5.74) is 1.10. The van der Waals surface area contributed by atoms with Crippen LogP contribution in [0.15, 0.2) is 29.3 Å². The number of rotatable bonds is 5. The van der Waals surface area contributed by atoms with Crippen LogP contribution in [0.4, 0.5) is 4.39 Å². The zero-order chi connectivity index (χ0) is 18.2. The first-order chi connectivity index (χ1) is 12.7. The van der Waals surface area contributed by atoms with Crippen molar-refractivity contribution in [1.82, 2.24) is 15.5 Å². The molecule has 0 unspecified atom stereocenters. The number of aliphatic imine (C=N–C) groups is 1. The number of morpholine rings is 1. The Kier molecular flexibility index (Phi) is 6.86. The molecule has 1 saturated heterocycles. The fraction of sp³-hybridized carbons (Fsp3) is 0.650. The summed E-state index contributed by atoms with van der Waals surface area (Å²) in [6.07, 6.45) is 6.35. The minimum Gasteiger partial charge on any atom is -0.379 e. The Morgan fingerprint density at radius 1 is 1.19 bits per heavy atom. The maximum Gasteiger partial charge on any atom is 0.191 e. The van der Waals surface area contributed by atoms with Gasteiger partial charge in [0, 0.05) is 38.8 Å². The first-order valence-electron chi connectivity index (χ1n) is 9.74. The average molecular weight is 362 g/mol. The van der Waals surface area contributed by atoms with Gasteiger partial charge in [0.25, 0.3) is 0 Å². The van der Waals surface area contributed by atoms with Crippen LogP contribution in [0.3, 0.4) is 0 Å². The van der Waals surface area contributed by atoms with E-state index in [9.17, 15) is 4.39 Å². The van der Waals surface area contributed by atoms with Crippen LogP contribution in [0, 0.1) is 5.82 Å². The summed E-state index contributed by atoms with van der Waals surface area (Å²) in [7, 11) is 1.78. The van der Waals surface area contributed by atoms with E-state index in [2.05, 4.69) is 20.5 Å². The van der Waals surface area contributed by atoms with Gasteiger partial charge in [0.2, 0.25) is 0 Å². The lowest BCUT2D eigenvalue weighted by Crippen LogP contribution is -2.60. The Morgan fingerprint density at radius 3 is 2.65 bits per heavy atom. The highest BCUT2D eigenvalue weighted by Gasteiger charge is 2.38. The van der Waals surface area contributed by atoms with Gasteiger partial charge in [0.05, 0.1) is 13.2 Å². The minimum atomic E-state index is -0.208. The fourth-order valence-corrected chi connectivity index (χ4v) is 4.15. The lowest BCUT2D eigenvalue weighted by atomic mass is 9.80. The number of hydrogen-bond acceptors (Lipinski definition) is 3. The van der Waals surface area contributed by atoms with Crippen molar-refractivity contribution in [3.05, 3.63) is 35.6 Å². The molecule has 0 aromatic heterocycles. The number of benzene rings is 1. The topological polar surface area (TPSA) is 48.9 Å². The van der Waals surface area contributed by atoms with Crippen molar-refractivity contribution in [3.8, 4) is 0 Å². The molecule has 0 bridgehead atoms. The molecule has 5 nitrogen and oxygen atoms in total. The lowest BCUT2D eigenvalue weighted by Gasteiger charge is -2.48. The molecule has 2 aliphatic rings. The van der Waals surface area contributed by atoms with E-state index in [1.54, 1.807) is 19.2 Å². The summed E-state index contributed by atoms with van der Waals surface area (Å²) in [5, 5.41) is 6.83. The van der Waals surface area contributed by atoms with Gasteiger partial charge in [-0.1, -0.05) is 31.4 Å². The normalized spacial score (nSPS) is 21.4. The predicted molar refractivity (Wildman–Crippen MR) is 103 cm³/mol. The zero-order valence-corrected chi connectivity index (χ0v) is 15.8. The molecule has 6 heteroatoms. The monoisotopic (exact) mass is 362 g/mol. The Bertz CT molecular complexity index is 595. The van der Waals surface area contributed by atoms with E-state index < -0.39 is 0 Å². The summed E-state index contributed by atoms with van der Waals surface area (Å²) < 4.78 is 18.9. The second-order valence-corrected chi connectivity index (χ2v) is 7.29. The molecule has 0 atom stereocenters. The molecule has 0 amide bonds. The van der Waals surface area contributed by atoms with E-state index in [1.165, 1.54) is 38.2 Å². The highest BCUT2D eigenvalue weighted by molar-refractivity contribution is 5.79. The molecule has 1 aromatic carbocycles. The van der Waals surface area contributed by atoms with Crippen LogP contribution in [0.1, 0.15) is 37.7 Å². The Labute approximate surface area is 156 Å². The van der Waals surface area contributed by atoms with E-state index in [1.807, 2.05) is 6.07 Å². The molecule has 0 radical (unpaired) electrons. The van der Waals surface area contributed by atoms with Gasteiger partial charge in [0.15, 0.2) is 5.96 Å². The molecular weight excluding hydrogens is 331 g/mol. The van der Waals surface area contributed by atoms with Gasteiger partial charge in [-0.05, 0) is 30.5 Å². The van der Waals surface area contributed by atoms with E-state index in [-0.39, 0.29) is 11.4 Å². The second kappa shape index (κ2) is 9.33. The molecule has 2 N–H and O–H groups in total. The van der Waals surface area contributed by atoms with Gasteiger partial charge in [-0.2, -0.15) is 0 Å². The quantitative estimate of drug-likeness (QED) is 0.624. The maximum absolute atomic E-state index is 13.3. The van der Waals surface area contributed by atoms with Crippen molar-refractivity contribution in [2.24, 2.45) is 4.99 Å². The molecule has 1 saturated carbocycles. The van der Waals surface area contributed by atoms with E-state index in [0.717, 1.165) is 44.4 Å². The van der Waals surface area contributed by atoms with Crippen molar-refractivity contribution in [3.63, 3.8) is 0 Å². The van der Waals surface area contributed by atoms with Gasteiger partial charge in [0.1, 0.15) is 5.82 Å². The zero-order valence-electron chi connectivity index (χ0n) is 15.8. The number of hydrogen-bond donors (Lipinski definition) is 2. The number of nitrogens with one attached hydrogen (secondary N) is 2. The number of ether oxygens (including phenoxy) is 1.